The van der Waals surface area contributed by atoms with E-state index in [1.807, 2.05) is 31.2 Å². The Morgan fingerprint density at radius 1 is 1.27 bits per heavy atom. The first-order valence-electron chi connectivity index (χ1n) is 9.27. The molecule has 1 amide bonds. The summed E-state index contributed by atoms with van der Waals surface area (Å²) in [6.07, 6.45) is 7.48. The van der Waals surface area contributed by atoms with Crippen LogP contribution in [0.2, 0.25) is 0 Å². The highest BCUT2D eigenvalue weighted by Crippen LogP contribution is 2.42. The van der Waals surface area contributed by atoms with Gasteiger partial charge in [0.25, 0.3) is 0 Å². The monoisotopic (exact) mass is 351 g/mol. The van der Waals surface area contributed by atoms with Gasteiger partial charge in [-0.1, -0.05) is 12.2 Å². The van der Waals surface area contributed by atoms with E-state index in [0.717, 1.165) is 40.7 Å². The number of allylic oxidation sites excluding steroid dienone is 2. The minimum Gasteiger partial charge on any atom is -0.497 e. The summed E-state index contributed by atoms with van der Waals surface area (Å²) in [6.45, 7) is 2.74. The lowest BCUT2D eigenvalue weighted by Gasteiger charge is -2.18. The van der Waals surface area contributed by atoms with Gasteiger partial charge in [0.15, 0.2) is 0 Å². The van der Waals surface area contributed by atoms with Crippen molar-refractivity contribution in [3.05, 3.63) is 47.7 Å². The van der Waals surface area contributed by atoms with Crippen molar-refractivity contribution in [3.8, 4) is 17.0 Å². The van der Waals surface area contributed by atoms with Gasteiger partial charge in [-0.3, -0.25) is 9.89 Å². The van der Waals surface area contributed by atoms with E-state index in [4.69, 9.17) is 4.74 Å². The quantitative estimate of drug-likeness (QED) is 0.785. The van der Waals surface area contributed by atoms with Crippen molar-refractivity contribution in [2.75, 3.05) is 13.7 Å². The second-order valence-electron chi connectivity index (χ2n) is 7.43. The zero-order valence-corrected chi connectivity index (χ0v) is 15.3. The zero-order chi connectivity index (χ0) is 18.1. The van der Waals surface area contributed by atoms with Crippen molar-refractivity contribution in [3.63, 3.8) is 0 Å². The molecule has 4 rings (SSSR count). The Kier molecular flexibility index (Phi) is 4.53. The molecule has 0 spiro atoms. The van der Waals surface area contributed by atoms with Crippen molar-refractivity contribution in [2.45, 2.75) is 26.2 Å². The number of benzene rings is 1. The Bertz CT molecular complexity index is 822. The first-order chi connectivity index (χ1) is 12.6. The fourth-order valence-electron chi connectivity index (χ4n) is 4.25. The fraction of sp³-hybridized carbons (Fsp3) is 0.429. The molecule has 5 heteroatoms. The molecule has 1 fully saturated rings. The largest absolute Gasteiger partial charge is 0.497 e. The van der Waals surface area contributed by atoms with Gasteiger partial charge in [0.05, 0.1) is 19.2 Å². The summed E-state index contributed by atoms with van der Waals surface area (Å²) in [7, 11) is 1.65. The van der Waals surface area contributed by atoms with E-state index in [1.165, 1.54) is 12.8 Å². The van der Waals surface area contributed by atoms with Crippen LogP contribution in [0.4, 0.5) is 0 Å². The van der Waals surface area contributed by atoms with Gasteiger partial charge in [0.2, 0.25) is 5.91 Å². The second-order valence-corrected chi connectivity index (χ2v) is 7.43. The third-order valence-electron chi connectivity index (χ3n) is 5.75. The Hall–Kier alpha value is -2.56. The van der Waals surface area contributed by atoms with Gasteiger partial charge in [-0.2, -0.15) is 5.10 Å². The molecule has 2 aliphatic carbocycles. The molecule has 1 aromatic carbocycles. The number of fused-ring (bicyclic) bond motifs is 2. The number of methoxy groups -OCH3 is 1. The minimum absolute atomic E-state index is 0.0658. The molecule has 1 aromatic heterocycles. The molecule has 0 unspecified atom stereocenters. The number of amides is 1. The second kappa shape index (κ2) is 6.98. The van der Waals surface area contributed by atoms with Crippen LogP contribution in [-0.4, -0.2) is 29.8 Å². The third-order valence-corrected chi connectivity index (χ3v) is 5.75. The maximum Gasteiger partial charge on any atom is 0.224 e. The van der Waals surface area contributed by atoms with E-state index in [-0.39, 0.29) is 5.91 Å². The lowest BCUT2D eigenvalue weighted by atomic mass is 9.93. The molecule has 2 N–H and O–H groups in total. The van der Waals surface area contributed by atoms with Crippen LogP contribution in [0.5, 0.6) is 5.75 Å². The molecule has 0 saturated heterocycles. The van der Waals surface area contributed by atoms with Crippen LogP contribution in [0.3, 0.4) is 0 Å². The van der Waals surface area contributed by atoms with Gasteiger partial charge in [0.1, 0.15) is 5.75 Å². The van der Waals surface area contributed by atoms with Gasteiger partial charge in [-0.25, -0.2) is 0 Å². The van der Waals surface area contributed by atoms with Crippen LogP contribution >= 0.6 is 0 Å². The van der Waals surface area contributed by atoms with Gasteiger partial charge < -0.3 is 10.1 Å². The molecule has 2 aromatic rings. The number of carbonyl (C=O) groups excluding carboxylic acids is 1. The number of aromatic nitrogens is 2. The van der Waals surface area contributed by atoms with E-state index in [2.05, 4.69) is 27.7 Å². The van der Waals surface area contributed by atoms with Crippen LogP contribution in [0, 0.1) is 24.7 Å². The summed E-state index contributed by atoms with van der Waals surface area (Å²) < 4.78 is 5.21. The lowest BCUT2D eigenvalue weighted by molar-refractivity contribution is -0.120. The van der Waals surface area contributed by atoms with E-state index in [0.29, 0.717) is 18.3 Å². The number of hydrogen-bond donors (Lipinski definition) is 2. The van der Waals surface area contributed by atoms with Crippen LogP contribution in [-0.2, 0) is 11.2 Å². The van der Waals surface area contributed by atoms with Gasteiger partial charge in [-0.05, 0) is 61.8 Å². The van der Waals surface area contributed by atoms with Gasteiger partial charge in [0, 0.05) is 23.4 Å². The fourth-order valence-corrected chi connectivity index (χ4v) is 4.25. The maximum absolute atomic E-state index is 12.5. The molecule has 0 aliphatic heterocycles. The first-order valence-corrected chi connectivity index (χ1v) is 9.27. The Labute approximate surface area is 153 Å². The number of nitrogens with zero attached hydrogens (tertiary/aromatic N) is 1. The number of ether oxygens (including phenoxy) is 1. The maximum atomic E-state index is 12.5. The van der Waals surface area contributed by atoms with E-state index >= 15 is 0 Å². The standard InChI is InChI=1S/C21H25N3O2/c1-13-19(21(24-23-13)15-5-7-18(26-2)8-6-15)11-20(25)22-12-17-10-14-3-4-16(17)9-14/h3-8,14,16-17H,9-12H2,1-2H3,(H,22,25)(H,23,24)/t14-,16+,17-/m1/s1. The van der Waals surface area contributed by atoms with Crippen molar-refractivity contribution in [2.24, 2.45) is 17.8 Å². The molecule has 5 nitrogen and oxygen atoms in total. The van der Waals surface area contributed by atoms with Crippen molar-refractivity contribution >= 4 is 5.91 Å². The molecule has 1 saturated carbocycles. The highest BCUT2D eigenvalue weighted by atomic mass is 16.5. The summed E-state index contributed by atoms with van der Waals surface area (Å²) in [5.41, 5.74) is 3.72. The number of hydrogen-bond acceptors (Lipinski definition) is 3. The molecular weight excluding hydrogens is 326 g/mol. The number of nitrogens with one attached hydrogen (secondary N) is 2. The van der Waals surface area contributed by atoms with Crippen LogP contribution in [0.25, 0.3) is 11.3 Å². The van der Waals surface area contributed by atoms with Crippen LogP contribution in [0.15, 0.2) is 36.4 Å². The molecule has 136 valence electrons. The Morgan fingerprint density at radius 2 is 2.08 bits per heavy atom. The minimum atomic E-state index is 0.0658. The van der Waals surface area contributed by atoms with Crippen molar-refractivity contribution in [1.82, 2.24) is 15.5 Å². The molecule has 2 bridgehead atoms. The summed E-state index contributed by atoms with van der Waals surface area (Å²) in [5.74, 6) is 2.86. The van der Waals surface area contributed by atoms with Crippen molar-refractivity contribution in [1.29, 1.82) is 0 Å². The summed E-state index contributed by atoms with van der Waals surface area (Å²) in [5, 5.41) is 10.6. The molecule has 2 aliphatic rings. The Morgan fingerprint density at radius 3 is 2.73 bits per heavy atom. The van der Waals surface area contributed by atoms with Gasteiger partial charge in [-0.15, -0.1) is 0 Å². The number of rotatable bonds is 6. The average molecular weight is 351 g/mol. The third kappa shape index (κ3) is 3.26. The highest BCUT2D eigenvalue weighted by molar-refractivity contribution is 5.81. The lowest BCUT2D eigenvalue weighted by Crippen LogP contribution is -2.32. The number of aryl methyl sites for hydroxylation is 1. The zero-order valence-electron chi connectivity index (χ0n) is 15.3. The highest BCUT2D eigenvalue weighted by Gasteiger charge is 2.35. The van der Waals surface area contributed by atoms with E-state index < -0.39 is 0 Å². The van der Waals surface area contributed by atoms with Gasteiger partial charge >= 0.3 is 0 Å². The van der Waals surface area contributed by atoms with E-state index in [1.54, 1.807) is 7.11 Å². The Balaban J connectivity index is 1.41. The van der Waals surface area contributed by atoms with Crippen molar-refractivity contribution < 1.29 is 9.53 Å². The number of H-pyrrole nitrogens is 1. The predicted octanol–water partition coefficient (Wildman–Crippen LogP) is 3.26. The SMILES string of the molecule is COc1ccc(-c2n[nH]c(C)c2CC(=O)NC[C@H]2C[C@@H]3C=C[C@H]2C3)cc1. The number of aromatic amines is 1. The normalized spacial score (nSPS) is 23.4. The molecule has 3 atom stereocenters. The molecule has 1 heterocycles. The summed E-state index contributed by atoms with van der Waals surface area (Å²) in [4.78, 5) is 12.5. The van der Waals surface area contributed by atoms with Crippen LogP contribution in [0.1, 0.15) is 24.1 Å². The molecule has 26 heavy (non-hydrogen) atoms. The average Bonchev–Trinajstić information content (AvgIpc) is 3.37. The van der Waals surface area contributed by atoms with E-state index in [9.17, 15) is 4.79 Å². The first kappa shape index (κ1) is 16.9. The summed E-state index contributed by atoms with van der Waals surface area (Å²) >= 11 is 0. The summed E-state index contributed by atoms with van der Waals surface area (Å²) in [6, 6.07) is 7.76. The topological polar surface area (TPSA) is 67.0 Å². The predicted molar refractivity (Wildman–Crippen MR) is 101 cm³/mol. The molecular formula is C21H25N3O2. The molecule has 0 radical (unpaired) electrons. The number of carbonyl (C=O) groups is 1. The van der Waals surface area contributed by atoms with Crippen LogP contribution < -0.4 is 10.1 Å². The smallest absolute Gasteiger partial charge is 0.224 e.